The second kappa shape index (κ2) is 4.37. The Morgan fingerprint density at radius 3 is 2.80 bits per heavy atom. The lowest BCUT2D eigenvalue weighted by Gasteiger charge is -2.16. The Morgan fingerprint density at radius 2 is 2.20 bits per heavy atom. The van der Waals surface area contributed by atoms with Gasteiger partial charge in [-0.15, -0.1) is 0 Å². The Morgan fingerprint density at radius 1 is 1.40 bits per heavy atom. The molecule has 88 valence electrons. The van der Waals surface area contributed by atoms with Crippen molar-refractivity contribution in [3.05, 3.63) is 0 Å². The van der Waals surface area contributed by atoms with E-state index >= 15 is 0 Å². The van der Waals surface area contributed by atoms with Gasteiger partial charge in [-0.05, 0) is 19.4 Å². The third kappa shape index (κ3) is 2.69. The maximum Gasteiger partial charge on any atom is 0.161 e. The van der Waals surface area contributed by atoms with Crippen LogP contribution in [0.4, 0.5) is 0 Å². The highest BCUT2D eigenvalue weighted by molar-refractivity contribution is 7.91. The largest absolute Gasteiger partial charge is 0.350 e. The van der Waals surface area contributed by atoms with Gasteiger partial charge in [-0.2, -0.15) is 0 Å². The summed E-state index contributed by atoms with van der Waals surface area (Å²) in [6.07, 6.45) is 1.14. The molecule has 0 amide bonds. The van der Waals surface area contributed by atoms with Gasteiger partial charge in [0.2, 0.25) is 0 Å². The van der Waals surface area contributed by atoms with Crippen molar-refractivity contribution in [1.29, 1.82) is 0 Å². The van der Waals surface area contributed by atoms with Crippen LogP contribution in [0.25, 0.3) is 0 Å². The van der Waals surface area contributed by atoms with E-state index in [0.717, 1.165) is 6.42 Å². The highest BCUT2D eigenvalue weighted by atomic mass is 32.2. The molecular weight excluding hydrogens is 218 g/mol. The van der Waals surface area contributed by atoms with Crippen LogP contribution in [0.3, 0.4) is 0 Å². The Balaban J connectivity index is 1.87. The van der Waals surface area contributed by atoms with Gasteiger partial charge in [-0.3, -0.25) is 0 Å². The van der Waals surface area contributed by atoms with E-state index in [1.54, 1.807) is 0 Å². The Hall–Kier alpha value is -0.170. The maximum atomic E-state index is 11.3. The first kappa shape index (κ1) is 11.3. The first-order valence-corrected chi connectivity index (χ1v) is 7.10. The number of hydrogen-bond donors (Lipinski definition) is 1. The number of hydrogen-bond acceptors (Lipinski definition) is 5. The SMILES string of the molecule is NCCC1COC(C2CCS(=O)(=O)C2)O1. The molecule has 2 aliphatic heterocycles. The van der Waals surface area contributed by atoms with Gasteiger partial charge >= 0.3 is 0 Å². The van der Waals surface area contributed by atoms with Crippen LogP contribution in [0, 0.1) is 5.92 Å². The van der Waals surface area contributed by atoms with Crippen LogP contribution in [0.1, 0.15) is 12.8 Å². The van der Waals surface area contributed by atoms with Gasteiger partial charge in [0.25, 0.3) is 0 Å². The van der Waals surface area contributed by atoms with Crippen LogP contribution >= 0.6 is 0 Å². The molecule has 2 aliphatic rings. The minimum atomic E-state index is -2.85. The Kier molecular flexibility index (Phi) is 3.30. The quantitative estimate of drug-likeness (QED) is 0.714. The molecule has 0 aromatic carbocycles. The van der Waals surface area contributed by atoms with Crippen LogP contribution in [0.5, 0.6) is 0 Å². The topological polar surface area (TPSA) is 78.6 Å². The summed E-state index contributed by atoms with van der Waals surface area (Å²) in [5.74, 6) is 0.480. The minimum absolute atomic E-state index is 0.0118. The summed E-state index contributed by atoms with van der Waals surface area (Å²) in [6.45, 7) is 1.11. The summed E-state index contributed by atoms with van der Waals surface area (Å²) in [4.78, 5) is 0. The Labute approximate surface area is 89.8 Å². The third-order valence-electron chi connectivity index (χ3n) is 2.91. The first-order chi connectivity index (χ1) is 7.11. The highest BCUT2D eigenvalue weighted by Gasteiger charge is 2.39. The van der Waals surface area contributed by atoms with Crippen LogP contribution in [-0.4, -0.2) is 45.5 Å². The lowest BCUT2D eigenvalue weighted by Crippen LogP contribution is -2.24. The van der Waals surface area contributed by atoms with E-state index in [1.807, 2.05) is 0 Å². The molecule has 5 nitrogen and oxygen atoms in total. The summed E-state index contributed by atoms with van der Waals surface area (Å²) in [5, 5.41) is 0. The fraction of sp³-hybridized carbons (Fsp3) is 1.00. The average molecular weight is 235 g/mol. The number of rotatable bonds is 3. The molecule has 2 saturated heterocycles. The van der Waals surface area contributed by atoms with Crippen LogP contribution < -0.4 is 5.73 Å². The molecule has 2 fully saturated rings. The molecule has 2 heterocycles. The van der Waals surface area contributed by atoms with Crippen molar-refractivity contribution in [3.8, 4) is 0 Å². The van der Waals surface area contributed by atoms with Crippen molar-refractivity contribution < 1.29 is 17.9 Å². The van der Waals surface area contributed by atoms with E-state index in [1.165, 1.54) is 0 Å². The summed E-state index contributed by atoms with van der Waals surface area (Å²) < 4.78 is 33.6. The van der Waals surface area contributed by atoms with Gasteiger partial charge in [0.05, 0.1) is 24.2 Å². The zero-order chi connectivity index (χ0) is 10.9. The summed E-state index contributed by atoms with van der Waals surface area (Å²) in [6, 6.07) is 0. The molecule has 15 heavy (non-hydrogen) atoms. The molecular formula is C9H17NO4S. The predicted molar refractivity (Wildman–Crippen MR) is 55.0 cm³/mol. The molecule has 0 aromatic rings. The lowest BCUT2D eigenvalue weighted by molar-refractivity contribution is -0.0901. The fourth-order valence-electron chi connectivity index (χ4n) is 2.09. The van der Waals surface area contributed by atoms with Gasteiger partial charge in [-0.25, -0.2) is 8.42 Å². The number of ether oxygens (including phenoxy) is 2. The molecule has 0 bridgehead atoms. The van der Waals surface area contributed by atoms with E-state index < -0.39 is 9.84 Å². The number of sulfone groups is 1. The second-order valence-corrected chi connectivity index (χ2v) is 6.43. The maximum absolute atomic E-state index is 11.3. The monoisotopic (exact) mass is 235 g/mol. The van der Waals surface area contributed by atoms with E-state index in [9.17, 15) is 8.42 Å². The molecule has 2 N–H and O–H groups in total. The molecule has 6 heteroatoms. The van der Waals surface area contributed by atoms with Gasteiger partial charge in [0, 0.05) is 5.92 Å². The van der Waals surface area contributed by atoms with Crippen LogP contribution in [0.2, 0.25) is 0 Å². The van der Waals surface area contributed by atoms with E-state index in [0.29, 0.717) is 19.6 Å². The molecule has 0 saturated carbocycles. The smallest absolute Gasteiger partial charge is 0.161 e. The standard InChI is InChI=1S/C9H17NO4S/c10-3-1-8-5-13-9(14-8)7-2-4-15(11,12)6-7/h7-9H,1-6,10H2. The highest BCUT2D eigenvalue weighted by Crippen LogP contribution is 2.28. The molecule has 3 unspecified atom stereocenters. The third-order valence-corrected chi connectivity index (χ3v) is 4.71. The van der Waals surface area contributed by atoms with Gasteiger partial charge < -0.3 is 15.2 Å². The van der Waals surface area contributed by atoms with E-state index in [-0.39, 0.29) is 29.8 Å². The summed E-state index contributed by atoms with van der Waals surface area (Å²) in [7, 11) is -2.85. The zero-order valence-corrected chi connectivity index (χ0v) is 9.41. The zero-order valence-electron chi connectivity index (χ0n) is 8.59. The molecule has 2 rings (SSSR count). The second-order valence-electron chi connectivity index (χ2n) is 4.20. The van der Waals surface area contributed by atoms with Gasteiger partial charge in [0.15, 0.2) is 16.1 Å². The van der Waals surface area contributed by atoms with E-state index in [4.69, 9.17) is 15.2 Å². The van der Waals surface area contributed by atoms with Crippen molar-refractivity contribution in [1.82, 2.24) is 0 Å². The molecule has 0 aliphatic carbocycles. The Bertz CT molecular complexity index is 316. The van der Waals surface area contributed by atoms with Crippen molar-refractivity contribution in [2.45, 2.75) is 25.2 Å². The van der Waals surface area contributed by atoms with Crippen LogP contribution in [0.15, 0.2) is 0 Å². The first-order valence-electron chi connectivity index (χ1n) is 5.28. The van der Waals surface area contributed by atoms with Gasteiger partial charge in [-0.1, -0.05) is 0 Å². The number of nitrogens with two attached hydrogens (primary N) is 1. The normalized spacial score (nSPS) is 39.7. The predicted octanol–water partition coefficient (Wildman–Crippen LogP) is -0.489. The van der Waals surface area contributed by atoms with Crippen molar-refractivity contribution in [2.24, 2.45) is 11.7 Å². The van der Waals surface area contributed by atoms with Crippen molar-refractivity contribution in [2.75, 3.05) is 24.7 Å². The molecule has 3 atom stereocenters. The molecule has 0 spiro atoms. The van der Waals surface area contributed by atoms with Crippen LogP contribution in [-0.2, 0) is 19.3 Å². The average Bonchev–Trinajstić information content (AvgIpc) is 2.73. The fourth-order valence-corrected chi connectivity index (χ4v) is 3.90. The van der Waals surface area contributed by atoms with Gasteiger partial charge in [0.1, 0.15) is 0 Å². The lowest BCUT2D eigenvalue weighted by atomic mass is 10.1. The molecule has 0 aromatic heterocycles. The minimum Gasteiger partial charge on any atom is -0.350 e. The summed E-state index contributed by atoms with van der Waals surface area (Å²) >= 11 is 0. The van der Waals surface area contributed by atoms with Crippen molar-refractivity contribution >= 4 is 9.84 Å². The summed E-state index contributed by atoms with van der Waals surface area (Å²) in [5.41, 5.74) is 5.42. The molecule has 0 radical (unpaired) electrons. The van der Waals surface area contributed by atoms with E-state index in [2.05, 4.69) is 0 Å². The van der Waals surface area contributed by atoms with Crippen molar-refractivity contribution in [3.63, 3.8) is 0 Å².